The highest BCUT2D eigenvalue weighted by molar-refractivity contribution is 6.30. The fourth-order valence-corrected chi connectivity index (χ4v) is 1.84. The van der Waals surface area contributed by atoms with Crippen molar-refractivity contribution < 1.29 is 9.90 Å². The molecule has 1 aromatic carbocycles. The maximum Gasteiger partial charge on any atom is 0.223 e. The van der Waals surface area contributed by atoms with Gasteiger partial charge in [0.05, 0.1) is 12.6 Å². The number of hydrogen-bond acceptors (Lipinski definition) is 2. The van der Waals surface area contributed by atoms with Gasteiger partial charge in [0.1, 0.15) is 0 Å². The highest BCUT2D eigenvalue weighted by atomic mass is 35.5. The van der Waals surface area contributed by atoms with E-state index in [0.717, 1.165) is 11.1 Å². The van der Waals surface area contributed by atoms with Gasteiger partial charge < -0.3 is 10.4 Å². The zero-order chi connectivity index (χ0) is 13.0. The molecule has 2 N–H and O–H groups in total. The second kappa shape index (κ2) is 6.03. The zero-order valence-electron chi connectivity index (χ0n) is 10.3. The normalized spacial score (nSPS) is 12.6. The molecule has 0 bridgehead atoms. The molecule has 0 spiro atoms. The van der Waals surface area contributed by atoms with E-state index in [1.165, 1.54) is 0 Å². The lowest BCUT2D eigenvalue weighted by atomic mass is 10.0. The Labute approximate surface area is 107 Å². The Morgan fingerprint density at radius 1 is 1.41 bits per heavy atom. The molecule has 0 aromatic heterocycles. The number of carbonyl (C=O) groups excluding carboxylic acids is 1. The Kier molecular flexibility index (Phi) is 4.97. The summed E-state index contributed by atoms with van der Waals surface area (Å²) in [4.78, 5) is 11.6. The van der Waals surface area contributed by atoms with Gasteiger partial charge in [-0.15, -0.1) is 0 Å². The molecular weight excluding hydrogens is 238 g/mol. The Morgan fingerprint density at radius 3 is 2.53 bits per heavy atom. The highest BCUT2D eigenvalue weighted by Crippen LogP contribution is 2.20. The van der Waals surface area contributed by atoms with Gasteiger partial charge in [0.2, 0.25) is 5.91 Å². The minimum Gasteiger partial charge on any atom is -0.394 e. The van der Waals surface area contributed by atoms with Gasteiger partial charge in [0.15, 0.2) is 0 Å². The third-order valence-electron chi connectivity index (χ3n) is 2.49. The van der Waals surface area contributed by atoms with Gasteiger partial charge in [-0.2, -0.15) is 0 Å². The molecule has 0 fully saturated rings. The summed E-state index contributed by atoms with van der Waals surface area (Å²) in [5.41, 5.74) is 1.83. The first-order valence-electron chi connectivity index (χ1n) is 5.62. The molecule has 4 heteroatoms. The van der Waals surface area contributed by atoms with Crippen LogP contribution in [0, 0.1) is 12.8 Å². The summed E-state index contributed by atoms with van der Waals surface area (Å²) in [6.07, 6.45) is 0. The minimum atomic E-state index is -0.401. The topological polar surface area (TPSA) is 49.3 Å². The van der Waals surface area contributed by atoms with Gasteiger partial charge in [-0.1, -0.05) is 31.5 Å². The quantitative estimate of drug-likeness (QED) is 0.868. The van der Waals surface area contributed by atoms with Gasteiger partial charge in [-0.3, -0.25) is 4.79 Å². The first kappa shape index (κ1) is 14.0. The van der Waals surface area contributed by atoms with Crippen LogP contribution < -0.4 is 5.32 Å². The van der Waals surface area contributed by atoms with Crippen molar-refractivity contribution in [2.45, 2.75) is 26.8 Å². The molecule has 3 nitrogen and oxygen atoms in total. The number of benzene rings is 1. The summed E-state index contributed by atoms with van der Waals surface area (Å²) in [7, 11) is 0. The average Bonchev–Trinajstić information content (AvgIpc) is 2.23. The second-order valence-corrected chi connectivity index (χ2v) is 4.90. The van der Waals surface area contributed by atoms with Crippen molar-refractivity contribution in [3.05, 3.63) is 34.3 Å². The second-order valence-electron chi connectivity index (χ2n) is 4.46. The number of amides is 1. The fraction of sp³-hybridized carbons (Fsp3) is 0.462. The number of rotatable bonds is 4. The smallest absolute Gasteiger partial charge is 0.223 e. The highest BCUT2D eigenvalue weighted by Gasteiger charge is 2.16. The Bertz CT molecular complexity index is 384. The molecule has 0 aliphatic carbocycles. The molecule has 0 aliphatic heterocycles. The van der Waals surface area contributed by atoms with Crippen LogP contribution in [0.2, 0.25) is 5.02 Å². The Balaban J connectivity index is 2.89. The van der Waals surface area contributed by atoms with Crippen LogP contribution in [0.5, 0.6) is 0 Å². The van der Waals surface area contributed by atoms with Gasteiger partial charge >= 0.3 is 0 Å². The van der Waals surface area contributed by atoms with E-state index in [1.807, 2.05) is 32.9 Å². The van der Waals surface area contributed by atoms with Crippen molar-refractivity contribution in [1.82, 2.24) is 5.32 Å². The Morgan fingerprint density at radius 2 is 2.06 bits per heavy atom. The first-order chi connectivity index (χ1) is 7.93. The third kappa shape index (κ3) is 4.02. The van der Waals surface area contributed by atoms with Crippen LogP contribution in [0.4, 0.5) is 0 Å². The van der Waals surface area contributed by atoms with E-state index in [1.54, 1.807) is 6.07 Å². The largest absolute Gasteiger partial charge is 0.394 e. The van der Waals surface area contributed by atoms with Crippen molar-refractivity contribution in [2.75, 3.05) is 6.61 Å². The maximum absolute atomic E-state index is 11.6. The fourth-order valence-electron chi connectivity index (χ4n) is 1.54. The summed E-state index contributed by atoms with van der Waals surface area (Å²) in [6.45, 7) is 5.41. The molecule has 1 atom stereocenters. The van der Waals surface area contributed by atoms with E-state index in [0.29, 0.717) is 5.02 Å². The average molecular weight is 256 g/mol. The maximum atomic E-state index is 11.6. The van der Waals surface area contributed by atoms with Crippen molar-refractivity contribution in [3.8, 4) is 0 Å². The van der Waals surface area contributed by atoms with Gasteiger partial charge in [0, 0.05) is 10.9 Å². The number of aliphatic hydroxyl groups excluding tert-OH is 1. The monoisotopic (exact) mass is 255 g/mol. The molecule has 0 heterocycles. The van der Waals surface area contributed by atoms with E-state index in [-0.39, 0.29) is 18.4 Å². The summed E-state index contributed by atoms with van der Waals surface area (Å²) < 4.78 is 0. The van der Waals surface area contributed by atoms with Crippen LogP contribution in [0.15, 0.2) is 18.2 Å². The van der Waals surface area contributed by atoms with Crippen LogP contribution in [0.3, 0.4) is 0 Å². The molecule has 0 radical (unpaired) electrons. The molecular formula is C13H18ClNO2. The number of halogens is 1. The van der Waals surface area contributed by atoms with Crippen molar-refractivity contribution in [3.63, 3.8) is 0 Å². The first-order valence-corrected chi connectivity index (χ1v) is 6.00. The van der Waals surface area contributed by atoms with E-state index in [4.69, 9.17) is 11.6 Å². The molecule has 1 aromatic rings. The van der Waals surface area contributed by atoms with E-state index < -0.39 is 6.04 Å². The molecule has 0 saturated heterocycles. The number of carbonyl (C=O) groups is 1. The predicted octanol–water partition coefficient (Wildman–Crippen LogP) is 2.45. The summed E-state index contributed by atoms with van der Waals surface area (Å²) in [5.74, 6) is -0.189. The van der Waals surface area contributed by atoms with Gasteiger partial charge in [-0.05, 0) is 30.2 Å². The lowest BCUT2D eigenvalue weighted by molar-refractivity contribution is -0.125. The molecule has 0 saturated carbocycles. The molecule has 1 amide bonds. The molecule has 1 rings (SSSR count). The van der Waals surface area contributed by atoms with Crippen molar-refractivity contribution in [2.24, 2.45) is 5.92 Å². The van der Waals surface area contributed by atoms with Crippen LogP contribution in [0.1, 0.15) is 31.0 Å². The van der Waals surface area contributed by atoms with Gasteiger partial charge in [-0.25, -0.2) is 0 Å². The number of hydrogen-bond donors (Lipinski definition) is 2. The van der Waals surface area contributed by atoms with E-state index in [2.05, 4.69) is 5.32 Å². The minimum absolute atomic E-state index is 0.0818. The predicted molar refractivity (Wildman–Crippen MR) is 69.0 cm³/mol. The Hall–Kier alpha value is -1.06. The lowest BCUT2D eigenvalue weighted by Crippen LogP contribution is -2.33. The van der Waals surface area contributed by atoms with Crippen LogP contribution in [-0.2, 0) is 4.79 Å². The molecule has 17 heavy (non-hydrogen) atoms. The molecule has 94 valence electrons. The molecule has 0 aliphatic rings. The molecule has 1 unspecified atom stereocenters. The lowest BCUT2D eigenvalue weighted by Gasteiger charge is -2.19. The van der Waals surface area contributed by atoms with Crippen molar-refractivity contribution >= 4 is 17.5 Å². The van der Waals surface area contributed by atoms with Crippen LogP contribution in [-0.4, -0.2) is 17.6 Å². The summed E-state index contributed by atoms with van der Waals surface area (Å²) >= 11 is 5.96. The van der Waals surface area contributed by atoms with Crippen LogP contribution >= 0.6 is 11.6 Å². The summed E-state index contributed by atoms with van der Waals surface area (Å²) in [6, 6.07) is 5.11. The standard InChI is InChI=1S/C13H18ClNO2/c1-8(2)13(17)15-12(7-16)10-4-9(3)5-11(14)6-10/h4-6,8,12,16H,7H2,1-3H3,(H,15,17). The number of aliphatic hydroxyl groups is 1. The zero-order valence-corrected chi connectivity index (χ0v) is 11.1. The van der Waals surface area contributed by atoms with Gasteiger partial charge in [0.25, 0.3) is 0 Å². The van der Waals surface area contributed by atoms with E-state index >= 15 is 0 Å². The number of aryl methyl sites for hydroxylation is 1. The summed E-state index contributed by atoms with van der Waals surface area (Å²) in [5, 5.41) is 12.7. The SMILES string of the molecule is Cc1cc(Cl)cc(C(CO)NC(=O)C(C)C)c1. The third-order valence-corrected chi connectivity index (χ3v) is 2.71. The van der Waals surface area contributed by atoms with Crippen LogP contribution in [0.25, 0.3) is 0 Å². The van der Waals surface area contributed by atoms with E-state index in [9.17, 15) is 9.90 Å². The number of nitrogens with one attached hydrogen (secondary N) is 1. The van der Waals surface area contributed by atoms with Crippen molar-refractivity contribution in [1.29, 1.82) is 0 Å².